The summed E-state index contributed by atoms with van der Waals surface area (Å²) in [6.45, 7) is 2.51. The smallest absolute Gasteiger partial charge is 0.134 e. The molecule has 0 spiro atoms. The molecule has 1 aromatic heterocycles. The number of hydrogen-bond acceptors (Lipinski definition) is 4. The predicted octanol–water partition coefficient (Wildman–Crippen LogP) is 4.21. The average molecular weight is 283 g/mol. The number of halogens is 1. The highest BCUT2D eigenvalue weighted by Gasteiger charge is 2.14. The van der Waals surface area contributed by atoms with Crippen LogP contribution in [0.5, 0.6) is 0 Å². The SMILES string of the molecule is CCSc1cccc(F)c1-c1nc(COC)cs1. The summed E-state index contributed by atoms with van der Waals surface area (Å²) in [5, 5.41) is 2.63. The van der Waals surface area contributed by atoms with Crippen LogP contribution in [0.15, 0.2) is 28.5 Å². The highest BCUT2D eigenvalue weighted by atomic mass is 32.2. The Morgan fingerprint density at radius 1 is 1.44 bits per heavy atom. The van der Waals surface area contributed by atoms with Crippen molar-refractivity contribution in [3.63, 3.8) is 0 Å². The van der Waals surface area contributed by atoms with Crippen LogP contribution in [0.4, 0.5) is 4.39 Å². The predicted molar refractivity (Wildman–Crippen MR) is 74.6 cm³/mol. The van der Waals surface area contributed by atoms with Gasteiger partial charge in [-0.05, 0) is 17.9 Å². The zero-order chi connectivity index (χ0) is 13.0. The molecule has 0 aliphatic carbocycles. The van der Waals surface area contributed by atoms with Crippen LogP contribution in [0.3, 0.4) is 0 Å². The Labute approximate surface area is 114 Å². The van der Waals surface area contributed by atoms with E-state index in [-0.39, 0.29) is 5.82 Å². The van der Waals surface area contributed by atoms with Gasteiger partial charge in [-0.15, -0.1) is 23.1 Å². The Hall–Kier alpha value is -0.910. The van der Waals surface area contributed by atoms with E-state index in [1.165, 1.54) is 17.4 Å². The van der Waals surface area contributed by atoms with Gasteiger partial charge in [0, 0.05) is 17.4 Å². The Kier molecular flexibility index (Phi) is 4.74. The largest absolute Gasteiger partial charge is 0.378 e. The number of thiazole rings is 1. The summed E-state index contributed by atoms with van der Waals surface area (Å²) < 4.78 is 19.0. The fraction of sp³-hybridized carbons (Fsp3) is 0.308. The van der Waals surface area contributed by atoms with Crippen molar-refractivity contribution in [1.29, 1.82) is 0 Å². The van der Waals surface area contributed by atoms with E-state index < -0.39 is 0 Å². The van der Waals surface area contributed by atoms with Crippen LogP contribution in [0.2, 0.25) is 0 Å². The third-order valence-electron chi connectivity index (χ3n) is 2.33. The molecule has 2 nitrogen and oxygen atoms in total. The maximum Gasteiger partial charge on any atom is 0.134 e. The summed E-state index contributed by atoms with van der Waals surface area (Å²) in [5.74, 6) is 0.694. The van der Waals surface area contributed by atoms with E-state index in [2.05, 4.69) is 11.9 Å². The second kappa shape index (κ2) is 6.31. The summed E-state index contributed by atoms with van der Waals surface area (Å²) in [4.78, 5) is 5.35. The first kappa shape index (κ1) is 13.5. The van der Waals surface area contributed by atoms with Crippen molar-refractivity contribution < 1.29 is 9.13 Å². The van der Waals surface area contributed by atoms with Crippen molar-refractivity contribution in [1.82, 2.24) is 4.98 Å². The van der Waals surface area contributed by atoms with E-state index in [9.17, 15) is 4.39 Å². The fourth-order valence-electron chi connectivity index (χ4n) is 1.62. The van der Waals surface area contributed by atoms with Crippen molar-refractivity contribution in [3.05, 3.63) is 35.1 Å². The van der Waals surface area contributed by atoms with Crippen molar-refractivity contribution in [2.45, 2.75) is 18.4 Å². The summed E-state index contributed by atoms with van der Waals surface area (Å²) in [7, 11) is 1.63. The molecule has 18 heavy (non-hydrogen) atoms. The number of hydrogen-bond donors (Lipinski definition) is 0. The van der Waals surface area contributed by atoms with Gasteiger partial charge >= 0.3 is 0 Å². The molecule has 0 bridgehead atoms. The topological polar surface area (TPSA) is 22.1 Å². The molecule has 0 N–H and O–H groups in total. The molecule has 5 heteroatoms. The zero-order valence-electron chi connectivity index (χ0n) is 10.3. The third-order valence-corrected chi connectivity index (χ3v) is 4.18. The molecule has 1 heterocycles. The highest BCUT2D eigenvalue weighted by Crippen LogP contribution is 2.35. The van der Waals surface area contributed by atoms with E-state index in [0.717, 1.165) is 21.3 Å². The maximum absolute atomic E-state index is 14.0. The van der Waals surface area contributed by atoms with Crippen LogP contribution < -0.4 is 0 Å². The molecule has 0 aliphatic rings. The lowest BCUT2D eigenvalue weighted by atomic mass is 10.2. The number of aromatic nitrogens is 1. The Bertz CT molecular complexity index is 527. The van der Waals surface area contributed by atoms with Gasteiger partial charge in [-0.1, -0.05) is 13.0 Å². The Balaban J connectivity index is 2.41. The number of benzene rings is 1. The van der Waals surface area contributed by atoms with Crippen LogP contribution in [-0.4, -0.2) is 17.8 Å². The number of rotatable bonds is 5. The first-order valence-corrected chi connectivity index (χ1v) is 7.47. The highest BCUT2D eigenvalue weighted by molar-refractivity contribution is 7.99. The monoisotopic (exact) mass is 283 g/mol. The second-order valence-electron chi connectivity index (χ2n) is 3.62. The van der Waals surface area contributed by atoms with Gasteiger partial charge in [0.2, 0.25) is 0 Å². The lowest BCUT2D eigenvalue weighted by Gasteiger charge is -2.06. The third kappa shape index (κ3) is 2.91. The molecule has 2 rings (SSSR count). The number of methoxy groups -OCH3 is 1. The van der Waals surface area contributed by atoms with Gasteiger partial charge in [-0.25, -0.2) is 9.37 Å². The summed E-state index contributed by atoms with van der Waals surface area (Å²) >= 11 is 3.08. The van der Waals surface area contributed by atoms with Gasteiger partial charge in [0.1, 0.15) is 10.8 Å². The van der Waals surface area contributed by atoms with Gasteiger partial charge < -0.3 is 4.74 Å². The molecule has 0 saturated carbocycles. The molecular weight excluding hydrogens is 269 g/mol. The molecule has 0 fully saturated rings. The van der Waals surface area contributed by atoms with E-state index in [4.69, 9.17) is 4.74 Å². The molecule has 96 valence electrons. The van der Waals surface area contributed by atoms with Gasteiger partial charge in [0.25, 0.3) is 0 Å². The van der Waals surface area contributed by atoms with Crippen LogP contribution >= 0.6 is 23.1 Å². The van der Waals surface area contributed by atoms with Gasteiger partial charge in [0.05, 0.1) is 17.9 Å². The molecular formula is C13H14FNOS2. The first-order chi connectivity index (χ1) is 8.76. The van der Waals surface area contributed by atoms with E-state index in [0.29, 0.717) is 12.2 Å². The van der Waals surface area contributed by atoms with Crippen molar-refractivity contribution in [2.75, 3.05) is 12.9 Å². The van der Waals surface area contributed by atoms with E-state index in [1.807, 2.05) is 11.4 Å². The molecule has 0 amide bonds. The van der Waals surface area contributed by atoms with Crippen molar-refractivity contribution >= 4 is 23.1 Å². The minimum absolute atomic E-state index is 0.216. The number of ether oxygens (including phenoxy) is 1. The molecule has 0 unspecified atom stereocenters. The molecule has 0 radical (unpaired) electrons. The van der Waals surface area contributed by atoms with Crippen LogP contribution in [-0.2, 0) is 11.3 Å². The summed E-state index contributed by atoms with van der Waals surface area (Å²) in [6, 6.07) is 5.15. The van der Waals surface area contributed by atoms with Crippen molar-refractivity contribution in [3.8, 4) is 10.6 Å². The average Bonchev–Trinajstić information content (AvgIpc) is 2.78. The Morgan fingerprint density at radius 2 is 2.28 bits per heavy atom. The Morgan fingerprint density at radius 3 is 3.00 bits per heavy atom. The molecule has 1 aromatic carbocycles. The fourth-order valence-corrected chi connectivity index (χ4v) is 3.38. The first-order valence-electron chi connectivity index (χ1n) is 5.61. The quantitative estimate of drug-likeness (QED) is 0.767. The lowest BCUT2D eigenvalue weighted by molar-refractivity contribution is 0.182. The lowest BCUT2D eigenvalue weighted by Crippen LogP contribution is -1.90. The summed E-state index contributed by atoms with van der Waals surface area (Å²) in [6.07, 6.45) is 0. The van der Waals surface area contributed by atoms with Crippen LogP contribution in [0.1, 0.15) is 12.6 Å². The second-order valence-corrected chi connectivity index (χ2v) is 5.79. The van der Waals surface area contributed by atoms with Gasteiger partial charge in [0.15, 0.2) is 0 Å². The van der Waals surface area contributed by atoms with E-state index >= 15 is 0 Å². The zero-order valence-corrected chi connectivity index (χ0v) is 11.9. The summed E-state index contributed by atoms with van der Waals surface area (Å²) in [5.41, 5.74) is 1.45. The minimum Gasteiger partial charge on any atom is -0.378 e. The number of nitrogens with zero attached hydrogens (tertiary/aromatic N) is 1. The molecule has 0 atom stereocenters. The normalized spacial score (nSPS) is 10.8. The van der Waals surface area contributed by atoms with Crippen LogP contribution in [0.25, 0.3) is 10.6 Å². The maximum atomic E-state index is 14.0. The van der Waals surface area contributed by atoms with E-state index in [1.54, 1.807) is 24.9 Å². The molecule has 2 aromatic rings. The van der Waals surface area contributed by atoms with Crippen LogP contribution in [0, 0.1) is 5.82 Å². The van der Waals surface area contributed by atoms with Crippen molar-refractivity contribution in [2.24, 2.45) is 0 Å². The standard InChI is InChI=1S/C13H14FNOS2/c1-3-17-11-6-4-5-10(14)12(11)13-15-9(7-16-2)8-18-13/h4-6,8H,3,7H2,1-2H3. The minimum atomic E-state index is -0.216. The van der Waals surface area contributed by atoms with Gasteiger partial charge in [-0.2, -0.15) is 0 Å². The molecule has 0 saturated heterocycles. The number of thioether (sulfide) groups is 1. The van der Waals surface area contributed by atoms with Gasteiger partial charge in [-0.3, -0.25) is 0 Å². The molecule has 0 aliphatic heterocycles.